The standard InChI is InChI=1S/C15H12Cl2N4O2S/c16-12-7-6-11(14(17)8-12)9-24(22,23)10-15-18-19-20-21(15)13-4-2-1-3-5-13/h1-8H,9-10H2. The van der Waals surface area contributed by atoms with E-state index < -0.39 is 9.84 Å². The second-order valence-electron chi connectivity index (χ2n) is 5.11. The van der Waals surface area contributed by atoms with Crippen molar-refractivity contribution in [2.75, 3.05) is 0 Å². The molecule has 0 saturated carbocycles. The predicted molar refractivity (Wildman–Crippen MR) is 91.9 cm³/mol. The van der Waals surface area contributed by atoms with Crippen LogP contribution in [0.3, 0.4) is 0 Å². The normalized spacial score (nSPS) is 11.6. The number of para-hydroxylation sites is 1. The molecule has 0 radical (unpaired) electrons. The van der Waals surface area contributed by atoms with Gasteiger partial charge in [0.15, 0.2) is 15.7 Å². The van der Waals surface area contributed by atoms with Gasteiger partial charge in [-0.15, -0.1) is 5.10 Å². The number of tetrazole rings is 1. The molecule has 3 rings (SSSR count). The Morgan fingerprint density at radius 2 is 1.75 bits per heavy atom. The van der Waals surface area contributed by atoms with Gasteiger partial charge >= 0.3 is 0 Å². The Morgan fingerprint density at radius 3 is 2.46 bits per heavy atom. The first-order valence-electron chi connectivity index (χ1n) is 6.92. The van der Waals surface area contributed by atoms with Crippen LogP contribution in [0.5, 0.6) is 0 Å². The zero-order valence-electron chi connectivity index (χ0n) is 12.3. The maximum atomic E-state index is 12.5. The van der Waals surface area contributed by atoms with Gasteiger partial charge in [-0.25, -0.2) is 8.42 Å². The summed E-state index contributed by atoms with van der Waals surface area (Å²) >= 11 is 11.9. The largest absolute Gasteiger partial charge is 0.228 e. The molecule has 0 aliphatic rings. The van der Waals surface area contributed by atoms with Crippen molar-refractivity contribution < 1.29 is 8.42 Å². The van der Waals surface area contributed by atoms with Crippen LogP contribution in [0.1, 0.15) is 11.4 Å². The summed E-state index contributed by atoms with van der Waals surface area (Å²) in [7, 11) is -3.51. The summed E-state index contributed by atoms with van der Waals surface area (Å²) in [6.45, 7) is 0. The molecule has 0 spiro atoms. The van der Waals surface area contributed by atoms with Crippen LogP contribution in [0.4, 0.5) is 0 Å². The number of nitrogens with zero attached hydrogens (tertiary/aromatic N) is 4. The van der Waals surface area contributed by atoms with E-state index in [1.807, 2.05) is 18.2 Å². The van der Waals surface area contributed by atoms with E-state index in [0.717, 1.165) is 0 Å². The van der Waals surface area contributed by atoms with Crippen molar-refractivity contribution in [3.63, 3.8) is 0 Å². The topological polar surface area (TPSA) is 77.7 Å². The Morgan fingerprint density at radius 1 is 1.00 bits per heavy atom. The van der Waals surface area contributed by atoms with Gasteiger partial charge in [0.1, 0.15) is 5.75 Å². The molecule has 9 heteroatoms. The summed E-state index contributed by atoms with van der Waals surface area (Å²) in [6.07, 6.45) is 0. The third kappa shape index (κ3) is 3.92. The Hall–Kier alpha value is -1.96. The molecular weight excluding hydrogens is 371 g/mol. The molecule has 0 saturated heterocycles. The summed E-state index contributed by atoms with van der Waals surface area (Å²) in [6, 6.07) is 13.8. The van der Waals surface area contributed by atoms with Crippen LogP contribution in [0.25, 0.3) is 5.69 Å². The van der Waals surface area contributed by atoms with Gasteiger partial charge in [-0.2, -0.15) is 4.68 Å². The van der Waals surface area contributed by atoms with E-state index in [4.69, 9.17) is 23.2 Å². The molecule has 0 N–H and O–H groups in total. The minimum Gasteiger partial charge on any atom is -0.228 e. The highest BCUT2D eigenvalue weighted by atomic mass is 35.5. The molecule has 0 bridgehead atoms. The Balaban J connectivity index is 1.84. The lowest BCUT2D eigenvalue weighted by molar-refractivity contribution is 0.592. The second-order valence-corrected chi connectivity index (χ2v) is 8.02. The van der Waals surface area contributed by atoms with Crippen LogP contribution in [0.2, 0.25) is 10.0 Å². The van der Waals surface area contributed by atoms with Crippen LogP contribution in [-0.2, 0) is 21.3 Å². The van der Waals surface area contributed by atoms with E-state index in [9.17, 15) is 8.42 Å². The first-order valence-corrected chi connectivity index (χ1v) is 9.49. The molecule has 1 aromatic heterocycles. The van der Waals surface area contributed by atoms with Crippen molar-refractivity contribution in [3.05, 3.63) is 70.0 Å². The number of aromatic nitrogens is 4. The SMILES string of the molecule is O=S(=O)(Cc1ccc(Cl)cc1Cl)Cc1nnnn1-c1ccccc1. The van der Waals surface area contributed by atoms with E-state index in [1.54, 1.807) is 24.3 Å². The highest BCUT2D eigenvalue weighted by Gasteiger charge is 2.20. The number of sulfone groups is 1. The van der Waals surface area contributed by atoms with Gasteiger partial charge in [0.25, 0.3) is 0 Å². The molecule has 0 unspecified atom stereocenters. The summed E-state index contributed by atoms with van der Waals surface area (Å²) < 4.78 is 26.4. The summed E-state index contributed by atoms with van der Waals surface area (Å²) in [5.41, 5.74) is 1.18. The molecule has 0 aliphatic carbocycles. The maximum Gasteiger partial charge on any atom is 0.171 e. The number of hydrogen-bond donors (Lipinski definition) is 0. The minimum absolute atomic E-state index is 0.218. The quantitative estimate of drug-likeness (QED) is 0.677. The van der Waals surface area contributed by atoms with Crippen molar-refractivity contribution in [1.82, 2.24) is 20.2 Å². The molecule has 6 nitrogen and oxygen atoms in total. The fourth-order valence-corrected chi connectivity index (χ4v) is 4.14. The summed E-state index contributed by atoms with van der Waals surface area (Å²) in [5, 5.41) is 12.0. The molecule has 124 valence electrons. The monoisotopic (exact) mass is 382 g/mol. The Bertz CT molecular complexity index is 959. The van der Waals surface area contributed by atoms with Gasteiger partial charge in [0, 0.05) is 10.0 Å². The van der Waals surface area contributed by atoms with Crippen LogP contribution in [0.15, 0.2) is 48.5 Å². The molecule has 1 heterocycles. The van der Waals surface area contributed by atoms with Crippen molar-refractivity contribution in [2.24, 2.45) is 0 Å². The van der Waals surface area contributed by atoms with E-state index >= 15 is 0 Å². The van der Waals surface area contributed by atoms with Gasteiger partial charge in [0.05, 0.1) is 11.4 Å². The third-order valence-corrected chi connectivity index (χ3v) is 5.31. The average molecular weight is 383 g/mol. The van der Waals surface area contributed by atoms with E-state index in [2.05, 4.69) is 15.5 Å². The highest BCUT2D eigenvalue weighted by Crippen LogP contribution is 2.23. The molecule has 0 fully saturated rings. The first kappa shape index (κ1) is 16.9. The molecule has 24 heavy (non-hydrogen) atoms. The van der Waals surface area contributed by atoms with E-state index in [1.165, 1.54) is 10.7 Å². The van der Waals surface area contributed by atoms with Gasteiger partial charge in [-0.05, 0) is 40.3 Å². The number of rotatable bonds is 5. The second kappa shape index (κ2) is 6.88. The summed E-state index contributed by atoms with van der Waals surface area (Å²) in [4.78, 5) is 0. The predicted octanol–water partition coefficient (Wildman–Crippen LogP) is 3.08. The zero-order valence-corrected chi connectivity index (χ0v) is 14.6. The van der Waals surface area contributed by atoms with Crippen LogP contribution in [-0.4, -0.2) is 28.6 Å². The van der Waals surface area contributed by atoms with E-state index in [0.29, 0.717) is 21.3 Å². The van der Waals surface area contributed by atoms with Crippen molar-refractivity contribution in [3.8, 4) is 5.69 Å². The van der Waals surface area contributed by atoms with Crippen LogP contribution < -0.4 is 0 Å². The molecule has 3 aromatic rings. The lowest BCUT2D eigenvalue weighted by Crippen LogP contribution is -2.13. The molecular formula is C15H12Cl2N4O2S. The number of halogens is 2. The molecule has 0 atom stereocenters. The number of benzene rings is 2. The minimum atomic E-state index is -3.51. The maximum absolute atomic E-state index is 12.5. The van der Waals surface area contributed by atoms with Gasteiger partial charge in [0.2, 0.25) is 0 Å². The fourth-order valence-electron chi connectivity index (χ4n) is 2.19. The van der Waals surface area contributed by atoms with Crippen LogP contribution >= 0.6 is 23.2 Å². The Labute approximate surface area is 148 Å². The van der Waals surface area contributed by atoms with Gasteiger partial charge < -0.3 is 0 Å². The Kier molecular flexibility index (Phi) is 4.84. The van der Waals surface area contributed by atoms with Crippen molar-refractivity contribution in [2.45, 2.75) is 11.5 Å². The molecule has 2 aromatic carbocycles. The lowest BCUT2D eigenvalue weighted by atomic mass is 10.2. The van der Waals surface area contributed by atoms with Crippen molar-refractivity contribution in [1.29, 1.82) is 0 Å². The highest BCUT2D eigenvalue weighted by molar-refractivity contribution is 7.89. The molecule has 0 amide bonds. The van der Waals surface area contributed by atoms with E-state index in [-0.39, 0.29) is 17.3 Å². The first-order chi connectivity index (χ1) is 11.4. The van der Waals surface area contributed by atoms with Gasteiger partial charge in [-0.3, -0.25) is 0 Å². The third-order valence-electron chi connectivity index (χ3n) is 3.27. The van der Waals surface area contributed by atoms with Crippen molar-refractivity contribution >= 4 is 33.0 Å². The molecule has 0 aliphatic heterocycles. The summed E-state index contributed by atoms with van der Waals surface area (Å²) in [5.74, 6) is -0.273. The fraction of sp³-hybridized carbons (Fsp3) is 0.133. The smallest absolute Gasteiger partial charge is 0.171 e. The number of hydrogen-bond acceptors (Lipinski definition) is 5. The van der Waals surface area contributed by atoms with Crippen LogP contribution in [0, 0.1) is 0 Å². The average Bonchev–Trinajstić information content (AvgIpc) is 2.98. The zero-order chi connectivity index (χ0) is 17.2. The lowest BCUT2D eigenvalue weighted by Gasteiger charge is -2.07. The van der Waals surface area contributed by atoms with Gasteiger partial charge in [-0.1, -0.05) is 47.5 Å².